The van der Waals surface area contributed by atoms with Crippen LogP contribution < -0.4 is 15.4 Å². The minimum Gasteiger partial charge on any atom is -0.493 e. The number of hydrogen-bond acceptors (Lipinski definition) is 2. The molecule has 24 heavy (non-hydrogen) atoms. The molecule has 0 unspecified atom stereocenters. The van der Waals surface area contributed by atoms with Crippen LogP contribution in [0.2, 0.25) is 0 Å². The first kappa shape index (κ1) is 20.3. The fourth-order valence-electron chi connectivity index (χ4n) is 2.25. The van der Waals surface area contributed by atoms with Gasteiger partial charge in [-0.15, -0.1) is 24.0 Å². The van der Waals surface area contributed by atoms with Crippen LogP contribution >= 0.6 is 24.0 Å². The number of aryl methyl sites for hydroxylation is 2. The molecule has 0 aliphatic heterocycles. The number of rotatable bonds is 7. The van der Waals surface area contributed by atoms with Gasteiger partial charge >= 0.3 is 0 Å². The van der Waals surface area contributed by atoms with E-state index >= 15 is 0 Å². The number of nitrogens with zero attached hydrogens (tertiary/aromatic N) is 2. The van der Waals surface area contributed by atoms with Crippen molar-refractivity contribution < 1.29 is 4.74 Å². The molecule has 6 heteroatoms. The Balaban J connectivity index is 0.00000288. The second kappa shape index (κ2) is 11.0. The van der Waals surface area contributed by atoms with Gasteiger partial charge < -0.3 is 19.9 Å². The molecule has 0 atom stereocenters. The molecule has 0 aliphatic rings. The molecular weight excluding hydrogens is 415 g/mol. The average Bonchev–Trinajstić information content (AvgIpc) is 2.97. The summed E-state index contributed by atoms with van der Waals surface area (Å²) in [7, 11) is 3.80. The molecule has 0 saturated carbocycles. The van der Waals surface area contributed by atoms with E-state index in [-0.39, 0.29) is 24.0 Å². The first-order chi connectivity index (χ1) is 11.2. The molecule has 2 aromatic rings. The van der Waals surface area contributed by atoms with Gasteiger partial charge in [-0.3, -0.25) is 4.99 Å². The number of aromatic nitrogens is 1. The molecule has 2 N–H and O–H groups in total. The van der Waals surface area contributed by atoms with Crippen LogP contribution in [0.15, 0.2) is 47.7 Å². The zero-order chi connectivity index (χ0) is 16.5. The first-order valence-electron chi connectivity index (χ1n) is 7.93. The van der Waals surface area contributed by atoms with Crippen molar-refractivity contribution in [3.63, 3.8) is 0 Å². The van der Waals surface area contributed by atoms with Crippen molar-refractivity contribution in [2.75, 3.05) is 20.2 Å². The van der Waals surface area contributed by atoms with Gasteiger partial charge in [0.25, 0.3) is 0 Å². The Morgan fingerprint density at radius 2 is 2.00 bits per heavy atom. The summed E-state index contributed by atoms with van der Waals surface area (Å²) in [5.41, 5.74) is 2.40. The van der Waals surface area contributed by atoms with Gasteiger partial charge in [0.1, 0.15) is 5.75 Å². The zero-order valence-electron chi connectivity index (χ0n) is 14.6. The third-order valence-corrected chi connectivity index (χ3v) is 3.54. The first-order valence-corrected chi connectivity index (χ1v) is 7.93. The Kier molecular flexibility index (Phi) is 9.29. The van der Waals surface area contributed by atoms with Crippen molar-refractivity contribution in [1.29, 1.82) is 0 Å². The highest BCUT2D eigenvalue weighted by Gasteiger charge is 2.00. The number of para-hydroxylation sites is 1. The Labute approximate surface area is 161 Å². The van der Waals surface area contributed by atoms with Crippen molar-refractivity contribution in [3.05, 3.63) is 53.9 Å². The van der Waals surface area contributed by atoms with E-state index < -0.39 is 0 Å². The molecule has 1 heterocycles. The quantitative estimate of drug-likeness (QED) is 0.300. The van der Waals surface area contributed by atoms with Gasteiger partial charge in [0.05, 0.1) is 6.61 Å². The Morgan fingerprint density at radius 3 is 2.67 bits per heavy atom. The summed E-state index contributed by atoms with van der Waals surface area (Å²) < 4.78 is 7.82. The smallest absolute Gasteiger partial charge is 0.191 e. The Bertz CT molecular complexity index is 639. The third kappa shape index (κ3) is 6.82. The second-order valence-corrected chi connectivity index (χ2v) is 5.51. The fraction of sp³-hybridized carbons (Fsp3) is 0.389. The molecule has 0 spiro atoms. The molecule has 0 aliphatic carbocycles. The summed E-state index contributed by atoms with van der Waals surface area (Å²) in [6.07, 6.45) is 5.05. The maximum atomic E-state index is 5.78. The van der Waals surface area contributed by atoms with Crippen LogP contribution in [0.3, 0.4) is 0 Å². The molecule has 0 radical (unpaired) electrons. The number of benzene rings is 1. The lowest BCUT2D eigenvalue weighted by Crippen LogP contribution is -2.37. The van der Waals surface area contributed by atoms with E-state index in [4.69, 9.17) is 4.74 Å². The minimum atomic E-state index is 0. The van der Waals surface area contributed by atoms with Crippen LogP contribution in [0.1, 0.15) is 17.5 Å². The van der Waals surface area contributed by atoms with Crippen molar-refractivity contribution in [3.8, 4) is 5.75 Å². The average molecular weight is 442 g/mol. The number of nitrogens with one attached hydrogen (secondary N) is 2. The van der Waals surface area contributed by atoms with Crippen molar-refractivity contribution >= 4 is 29.9 Å². The summed E-state index contributed by atoms with van der Waals surface area (Å²) in [5, 5.41) is 6.60. The maximum absolute atomic E-state index is 5.78. The van der Waals surface area contributed by atoms with E-state index in [1.54, 1.807) is 7.05 Å². The summed E-state index contributed by atoms with van der Waals surface area (Å²) in [6, 6.07) is 10.2. The highest BCUT2D eigenvalue weighted by molar-refractivity contribution is 14.0. The predicted molar refractivity (Wildman–Crippen MR) is 110 cm³/mol. The predicted octanol–water partition coefficient (Wildman–Crippen LogP) is 3.09. The highest BCUT2D eigenvalue weighted by Crippen LogP contribution is 2.15. The zero-order valence-corrected chi connectivity index (χ0v) is 16.9. The van der Waals surface area contributed by atoms with E-state index in [9.17, 15) is 0 Å². The standard InChI is InChI=1S/C18H26N4O.HI/c1-15-7-4-5-8-17(15)23-12-6-10-20-18(19-2)21-13-16-9-11-22(3)14-16;/h4-5,7-9,11,14H,6,10,12-13H2,1-3H3,(H2,19,20,21);1H. The SMILES string of the molecule is CN=C(NCCCOc1ccccc1C)NCc1ccn(C)c1.I. The number of ether oxygens (including phenoxy) is 1. The van der Waals surface area contributed by atoms with Gasteiger partial charge in [-0.25, -0.2) is 0 Å². The van der Waals surface area contributed by atoms with Crippen LogP contribution in [-0.4, -0.2) is 30.7 Å². The molecular formula is C18H27IN4O. The lowest BCUT2D eigenvalue weighted by Gasteiger charge is -2.12. The maximum Gasteiger partial charge on any atom is 0.191 e. The molecule has 0 fully saturated rings. The lowest BCUT2D eigenvalue weighted by atomic mass is 10.2. The van der Waals surface area contributed by atoms with Crippen LogP contribution in [-0.2, 0) is 13.6 Å². The van der Waals surface area contributed by atoms with Crippen LogP contribution in [0, 0.1) is 6.92 Å². The van der Waals surface area contributed by atoms with E-state index in [0.29, 0.717) is 6.61 Å². The van der Waals surface area contributed by atoms with Gasteiger partial charge in [-0.2, -0.15) is 0 Å². The van der Waals surface area contributed by atoms with Gasteiger partial charge in [-0.1, -0.05) is 18.2 Å². The van der Waals surface area contributed by atoms with Crippen molar-refractivity contribution in [2.24, 2.45) is 12.0 Å². The Morgan fingerprint density at radius 1 is 1.21 bits per heavy atom. The second-order valence-electron chi connectivity index (χ2n) is 5.51. The van der Waals surface area contributed by atoms with Gasteiger partial charge in [0.15, 0.2) is 5.96 Å². The van der Waals surface area contributed by atoms with E-state index in [1.165, 1.54) is 11.1 Å². The number of halogens is 1. The topological polar surface area (TPSA) is 50.6 Å². The molecule has 0 saturated heterocycles. The highest BCUT2D eigenvalue weighted by atomic mass is 127. The minimum absolute atomic E-state index is 0. The molecule has 0 amide bonds. The summed E-state index contributed by atoms with van der Waals surface area (Å²) in [5.74, 6) is 1.77. The van der Waals surface area contributed by atoms with E-state index in [0.717, 1.165) is 31.2 Å². The number of hydrogen-bond donors (Lipinski definition) is 2. The normalized spacial score (nSPS) is 10.9. The number of aliphatic imine (C=N–C) groups is 1. The van der Waals surface area contributed by atoms with E-state index in [1.807, 2.05) is 36.0 Å². The molecule has 1 aromatic carbocycles. The summed E-state index contributed by atoms with van der Waals surface area (Å²) in [4.78, 5) is 4.23. The molecule has 5 nitrogen and oxygen atoms in total. The number of guanidine groups is 1. The molecule has 0 bridgehead atoms. The van der Waals surface area contributed by atoms with Gasteiger partial charge in [0, 0.05) is 39.6 Å². The van der Waals surface area contributed by atoms with Crippen molar-refractivity contribution in [2.45, 2.75) is 19.9 Å². The monoisotopic (exact) mass is 442 g/mol. The Hall–Kier alpha value is -1.70. The molecule has 1 aromatic heterocycles. The van der Waals surface area contributed by atoms with Crippen molar-refractivity contribution in [1.82, 2.24) is 15.2 Å². The largest absolute Gasteiger partial charge is 0.493 e. The molecule has 2 rings (SSSR count). The van der Waals surface area contributed by atoms with Crippen LogP contribution in [0.5, 0.6) is 5.75 Å². The lowest BCUT2D eigenvalue weighted by molar-refractivity contribution is 0.309. The summed E-state index contributed by atoms with van der Waals surface area (Å²) in [6.45, 7) is 4.33. The van der Waals surface area contributed by atoms with Gasteiger partial charge in [0.2, 0.25) is 0 Å². The summed E-state index contributed by atoms with van der Waals surface area (Å²) >= 11 is 0. The van der Waals surface area contributed by atoms with Crippen LogP contribution in [0.4, 0.5) is 0 Å². The fourth-order valence-corrected chi connectivity index (χ4v) is 2.25. The van der Waals surface area contributed by atoms with Gasteiger partial charge in [-0.05, 0) is 36.6 Å². The third-order valence-electron chi connectivity index (χ3n) is 3.54. The van der Waals surface area contributed by atoms with E-state index in [2.05, 4.69) is 40.9 Å². The molecule has 132 valence electrons. The van der Waals surface area contributed by atoms with Crippen LogP contribution in [0.25, 0.3) is 0 Å².